The summed E-state index contributed by atoms with van der Waals surface area (Å²) in [6.07, 6.45) is 14.5. The van der Waals surface area contributed by atoms with Gasteiger partial charge in [0.2, 0.25) is 0 Å². The van der Waals surface area contributed by atoms with Gasteiger partial charge in [0, 0.05) is 19.1 Å². The summed E-state index contributed by atoms with van der Waals surface area (Å²) in [7, 11) is 4.50. The summed E-state index contributed by atoms with van der Waals surface area (Å²) in [5, 5.41) is 3.46. The first kappa shape index (κ1) is 14.3. The lowest BCUT2D eigenvalue weighted by atomic mass is 9.73. The second kappa shape index (κ2) is 6.91. The van der Waals surface area contributed by atoms with Crippen molar-refractivity contribution in [3.63, 3.8) is 0 Å². The Morgan fingerprint density at radius 3 is 2.22 bits per heavy atom. The molecular formula is C16H32N2. The molecule has 2 saturated carbocycles. The zero-order valence-electron chi connectivity index (χ0n) is 12.5. The van der Waals surface area contributed by atoms with Crippen LogP contribution in [0, 0.1) is 5.41 Å². The molecule has 18 heavy (non-hydrogen) atoms. The fourth-order valence-electron chi connectivity index (χ4n) is 4.25. The summed E-state index contributed by atoms with van der Waals surface area (Å²) < 4.78 is 0. The van der Waals surface area contributed by atoms with Crippen LogP contribution in [-0.2, 0) is 0 Å². The van der Waals surface area contributed by atoms with Crippen molar-refractivity contribution in [3.05, 3.63) is 0 Å². The Morgan fingerprint density at radius 1 is 1.00 bits per heavy atom. The normalized spacial score (nSPS) is 25.5. The van der Waals surface area contributed by atoms with Gasteiger partial charge >= 0.3 is 0 Å². The molecule has 0 saturated heterocycles. The Kier molecular flexibility index (Phi) is 5.50. The van der Waals surface area contributed by atoms with Gasteiger partial charge in [-0.3, -0.25) is 0 Å². The van der Waals surface area contributed by atoms with E-state index in [4.69, 9.17) is 0 Å². The van der Waals surface area contributed by atoms with Crippen molar-refractivity contribution in [1.29, 1.82) is 0 Å². The first-order chi connectivity index (χ1) is 8.76. The highest BCUT2D eigenvalue weighted by molar-refractivity contribution is 4.88. The molecule has 0 aromatic rings. The largest absolute Gasteiger partial charge is 0.319 e. The van der Waals surface area contributed by atoms with E-state index in [2.05, 4.69) is 24.3 Å². The molecule has 0 unspecified atom stereocenters. The monoisotopic (exact) mass is 252 g/mol. The SMILES string of the molecule is CNCC1(CN(C)C2CCCCC2)CCCCC1. The fourth-order valence-corrected chi connectivity index (χ4v) is 4.25. The number of nitrogens with one attached hydrogen (secondary N) is 1. The molecule has 0 aromatic carbocycles. The van der Waals surface area contributed by atoms with Crippen molar-refractivity contribution in [2.24, 2.45) is 5.41 Å². The Morgan fingerprint density at radius 2 is 1.61 bits per heavy atom. The number of hydrogen-bond acceptors (Lipinski definition) is 2. The maximum atomic E-state index is 3.46. The van der Waals surface area contributed by atoms with Gasteiger partial charge in [-0.15, -0.1) is 0 Å². The van der Waals surface area contributed by atoms with Crippen LogP contribution in [0.3, 0.4) is 0 Å². The molecule has 2 aliphatic rings. The third-order valence-corrected chi connectivity index (χ3v) is 5.25. The smallest absolute Gasteiger partial charge is 0.00924 e. The van der Waals surface area contributed by atoms with Crippen LogP contribution in [0.1, 0.15) is 64.2 Å². The van der Waals surface area contributed by atoms with E-state index in [1.54, 1.807) is 0 Å². The summed E-state index contributed by atoms with van der Waals surface area (Å²) in [5.41, 5.74) is 0.569. The van der Waals surface area contributed by atoms with E-state index < -0.39 is 0 Å². The number of rotatable bonds is 5. The van der Waals surface area contributed by atoms with Gasteiger partial charge < -0.3 is 10.2 Å². The predicted molar refractivity (Wildman–Crippen MR) is 78.9 cm³/mol. The van der Waals surface area contributed by atoms with Crippen LogP contribution >= 0.6 is 0 Å². The number of nitrogens with zero attached hydrogens (tertiary/aromatic N) is 1. The van der Waals surface area contributed by atoms with Gasteiger partial charge in [-0.2, -0.15) is 0 Å². The Bertz CT molecular complexity index is 222. The summed E-state index contributed by atoms with van der Waals surface area (Å²) in [6.45, 7) is 2.53. The molecule has 0 aliphatic heterocycles. The molecule has 2 rings (SSSR count). The van der Waals surface area contributed by atoms with E-state index in [1.807, 2.05) is 0 Å². The van der Waals surface area contributed by atoms with Crippen LogP contribution in [0.2, 0.25) is 0 Å². The lowest BCUT2D eigenvalue weighted by Gasteiger charge is -2.43. The topological polar surface area (TPSA) is 15.3 Å². The molecule has 2 fully saturated rings. The zero-order valence-corrected chi connectivity index (χ0v) is 12.5. The highest BCUT2D eigenvalue weighted by Gasteiger charge is 2.34. The molecule has 0 heterocycles. The molecule has 0 radical (unpaired) electrons. The fraction of sp³-hybridized carbons (Fsp3) is 1.00. The van der Waals surface area contributed by atoms with Crippen LogP contribution < -0.4 is 5.32 Å². The first-order valence-electron chi connectivity index (χ1n) is 8.11. The zero-order chi connectivity index (χ0) is 12.8. The van der Waals surface area contributed by atoms with Gasteiger partial charge in [-0.05, 0) is 45.2 Å². The van der Waals surface area contributed by atoms with Gasteiger partial charge in [0.25, 0.3) is 0 Å². The highest BCUT2D eigenvalue weighted by atomic mass is 15.1. The minimum absolute atomic E-state index is 0.569. The van der Waals surface area contributed by atoms with Gasteiger partial charge in [0.1, 0.15) is 0 Å². The van der Waals surface area contributed by atoms with Crippen LogP contribution in [0.4, 0.5) is 0 Å². The second-order valence-corrected chi connectivity index (χ2v) is 6.80. The molecule has 2 nitrogen and oxygen atoms in total. The molecule has 0 spiro atoms. The van der Waals surface area contributed by atoms with E-state index in [0.29, 0.717) is 5.41 Å². The van der Waals surface area contributed by atoms with Crippen molar-refractivity contribution in [3.8, 4) is 0 Å². The van der Waals surface area contributed by atoms with E-state index in [9.17, 15) is 0 Å². The average molecular weight is 252 g/mol. The van der Waals surface area contributed by atoms with E-state index in [-0.39, 0.29) is 0 Å². The molecule has 0 aromatic heterocycles. The van der Waals surface area contributed by atoms with Crippen molar-refractivity contribution in [2.75, 3.05) is 27.2 Å². The molecule has 106 valence electrons. The van der Waals surface area contributed by atoms with Crippen molar-refractivity contribution >= 4 is 0 Å². The molecule has 2 aliphatic carbocycles. The standard InChI is InChI=1S/C16H32N2/c1-17-13-16(11-7-4-8-12-16)14-18(2)15-9-5-3-6-10-15/h15,17H,3-14H2,1-2H3. The maximum Gasteiger partial charge on any atom is 0.00924 e. The lowest BCUT2D eigenvalue weighted by Crippen LogP contribution is -2.47. The molecule has 0 atom stereocenters. The predicted octanol–water partition coefficient (Wildman–Crippen LogP) is 3.42. The number of hydrogen-bond donors (Lipinski definition) is 1. The van der Waals surface area contributed by atoms with Crippen molar-refractivity contribution in [1.82, 2.24) is 10.2 Å². The Labute approximate surface area is 114 Å². The van der Waals surface area contributed by atoms with Gasteiger partial charge in [-0.25, -0.2) is 0 Å². The van der Waals surface area contributed by atoms with Crippen LogP contribution in [0.15, 0.2) is 0 Å². The van der Waals surface area contributed by atoms with E-state index in [1.165, 1.54) is 77.3 Å². The molecule has 1 N–H and O–H groups in total. The highest BCUT2D eigenvalue weighted by Crippen LogP contribution is 2.37. The van der Waals surface area contributed by atoms with Gasteiger partial charge in [0.15, 0.2) is 0 Å². The Hall–Kier alpha value is -0.0800. The van der Waals surface area contributed by atoms with Crippen LogP contribution in [0.25, 0.3) is 0 Å². The van der Waals surface area contributed by atoms with Crippen LogP contribution in [0.5, 0.6) is 0 Å². The van der Waals surface area contributed by atoms with Gasteiger partial charge in [-0.1, -0.05) is 38.5 Å². The minimum Gasteiger partial charge on any atom is -0.319 e. The average Bonchev–Trinajstić information content (AvgIpc) is 2.41. The molecule has 0 amide bonds. The van der Waals surface area contributed by atoms with Crippen LogP contribution in [-0.4, -0.2) is 38.1 Å². The summed E-state index contributed by atoms with van der Waals surface area (Å²) in [6, 6.07) is 0.870. The van der Waals surface area contributed by atoms with Gasteiger partial charge in [0.05, 0.1) is 0 Å². The molecule has 0 bridgehead atoms. The third-order valence-electron chi connectivity index (χ3n) is 5.25. The molecular weight excluding hydrogens is 220 g/mol. The maximum absolute atomic E-state index is 3.46. The van der Waals surface area contributed by atoms with Crippen molar-refractivity contribution in [2.45, 2.75) is 70.3 Å². The first-order valence-corrected chi connectivity index (χ1v) is 8.11. The van der Waals surface area contributed by atoms with E-state index >= 15 is 0 Å². The molecule has 2 heteroatoms. The van der Waals surface area contributed by atoms with Crippen molar-refractivity contribution < 1.29 is 0 Å². The summed E-state index contributed by atoms with van der Waals surface area (Å²) >= 11 is 0. The quantitative estimate of drug-likeness (QED) is 0.806. The summed E-state index contributed by atoms with van der Waals surface area (Å²) in [5.74, 6) is 0. The lowest BCUT2D eigenvalue weighted by molar-refractivity contribution is 0.0813. The Balaban J connectivity index is 1.90. The third kappa shape index (κ3) is 3.71. The second-order valence-electron chi connectivity index (χ2n) is 6.80. The minimum atomic E-state index is 0.569. The summed E-state index contributed by atoms with van der Waals surface area (Å²) in [4.78, 5) is 2.70. The van der Waals surface area contributed by atoms with E-state index in [0.717, 1.165) is 6.04 Å².